The van der Waals surface area contributed by atoms with Crippen molar-refractivity contribution in [3.63, 3.8) is 0 Å². The zero-order valence-corrected chi connectivity index (χ0v) is 24.9. The van der Waals surface area contributed by atoms with Gasteiger partial charge in [-0.2, -0.15) is 0 Å². The Bertz CT molecular complexity index is 1200. The SMILES string of the molecule is CCCCCCCCc1ccc2c(-c3c(Br)sc4cc(CCCCCCCC)ccc34)csc2c1. The number of rotatable bonds is 15. The Morgan fingerprint density at radius 3 is 1.80 bits per heavy atom. The Hall–Kier alpha value is -1.16. The molecular weight excluding hydrogens is 528 g/mol. The van der Waals surface area contributed by atoms with E-state index in [0.29, 0.717) is 0 Å². The molecule has 0 aliphatic carbocycles. The highest BCUT2D eigenvalue weighted by Gasteiger charge is 2.16. The molecule has 0 aliphatic rings. The topological polar surface area (TPSA) is 0 Å². The molecule has 2 heterocycles. The number of aryl methyl sites for hydroxylation is 2. The Labute approximate surface area is 229 Å². The molecule has 0 saturated heterocycles. The van der Waals surface area contributed by atoms with E-state index in [2.05, 4.69) is 71.6 Å². The molecule has 35 heavy (non-hydrogen) atoms. The van der Waals surface area contributed by atoms with Gasteiger partial charge in [0, 0.05) is 31.3 Å². The van der Waals surface area contributed by atoms with Crippen molar-refractivity contribution in [2.24, 2.45) is 0 Å². The highest BCUT2D eigenvalue weighted by molar-refractivity contribution is 9.11. The maximum Gasteiger partial charge on any atom is 0.0789 e. The molecule has 3 heteroatoms. The van der Waals surface area contributed by atoms with Crippen molar-refractivity contribution in [1.29, 1.82) is 0 Å². The van der Waals surface area contributed by atoms with Crippen LogP contribution in [0.3, 0.4) is 0 Å². The van der Waals surface area contributed by atoms with Crippen LogP contribution in [0.4, 0.5) is 0 Å². The number of hydrogen-bond acceptors (Lipinski definition) is 2. The number of halogens is 1. The molecule has 188 valence electrons. The van der Waals surface area contributed by atoms with Crippen molar-refractivity contribution in [2.45, 2.75) is 104 Å². The standard InChI is InChI=1S/C32H41BrS2/c1-3-5-7-9-11-13-15-24-17-19-26-28(23-34-29(26)21-24)31-27-20-18-25(22-30(27)35-32(31)33)16-14-12-10-8-6-4-2/h17-23H,3-16H2,1-2H3. The van der Waals surface area contributed by atoms with Gasteiger partial charge in [-0.25, -0.2) is 0 Å². The molecule has 0 N–H and O–H groups in total. The molecule has 0 saturated carbocycles. The van der Waals surface area contributed by atoms with Crippen LogP contribution in [-0.4, -0.2) is 0 Å². The Balaban J connectivity index is 1.44. The van der Waals surface area contributed by atoms with E-state index in [1.807, 2.05) is 22.7 Å². The van der Waals surface area contributed by atoms with Crippen molar-refractivity contribution in [3.05, 3.63) is 56.7 Å². The van der Waals surface area contributed by atoms with Crippen LogP contribution in [0.15, 0.2) is 45.6 Å². The van der Waals surface area contributed by atoms with E-state index < -0.39 is 0 Å². The van der Waals surface area contributed by atoms with Crippen LogP contribution in [0.1, 0.15) is 102 Å². The summed E-state index contributed by atoms with van der Waals surface area (Å²) in [5.74, 6) is 0. The second-order valence-corrected chi connectivity index (χ2v) is 13.4. The molecule has 0 bridgehead atoms. The van der Waals surface area contributed by atoms with Gasteiger partial charge in [-0.15, -0.1) is 22.7 Å². The largest absolute Gasteiger partial charge is 0.143 e. The van der Waals surface area contributed by atoms with Gasteiger partial charge in [0.2, 0.25) is 0 Å². The average Bonchev–Trinajstić information content (AvgIpc) is 3.42. The minimum atomic E-state index is 1.20. The number of unbranched alkanes of at least 4 members (excludes halogenated alkanes) is 10. The zero-order chi connectivity index (χ0) is 24.5. The summed E-state index contributed by atoms with van der Waals surface area (Å²) in [6.45, 7) is 4.58. The van der Waals surface area contributed by atoms with Crippen LogP contribution in [-0.2, 0) is 12.8 Å². The minimum Gasteiger partial charge on any atom is -0.143 e. The molecule has 0 nitrogen and oxygen atoms in total. The van der Waals surface area contributed by atoms with E-state index in [1.165, 1.54) is 136 Å². The molecule has 2 aromatic carbocycles. The summed E-state index contributed by atoms with van der Waals surface area (Å²) >= 11 is 7.72. The molecule has 0 aliphatic heterocycles. The van der Waals surface area contributed by atoms with Gasteiger partial charge in [-0.05, 0) is 70.3 Å². The predicted molar refractivity (Wildman–Crippen MR) is 165 cm³/mol. The van der Waals surface area contributed by atoms with Gasteiger partial charge in [0.15, 0.2) is 0 Å². The lowest BCUT2D eigenvalue weighted by Crippen LogP contribution is -1.87. The first-order chi connectivity index (χ1) is 17.2. The third-order valence-electron chi connectivity index (χ3n) is 7.26. The van der Waals surface area contributed by atoms with Crippen LogP contribution in [0.2, 0.25) is 0 Å². The van der Waals surface area contributed by atoms with Crippen molar-refractivity contribution in [1.82, 2.24) is 0 Å². The molecule has 0 atom stereocenters. The molecular formula is C32H41BrS2. The van der Waals surface area contributed by atoms with E-state index >= 15 is 0 Å². The first kappa shape index (κ1) is 26.9. The van der Waals surface area contributed by atoms with E-state index in [4.69, 9.17) is 0 Å². The van der Waals surface area contributed by atoms with Crippen molar-refractivity contribution in [3.8, 4) is 11.1 Å². The van der Waals surface area contributed by atoms with Gasteiger partial charge in [-0.3, -0.25) is 0 Å². The maximum atomic E-state index is 3.93. The molecule has 0 spiro atoms. The fraction of sp³-hybridized carbons (Fsp3) is 0.500. The normalized spacial score (nSPS) is 11.7. The van der Waals surface area contributed by atoms with E-state index in [1.54, 1.807) is 0 Å². The van der Waals surface area contributed by atoms with Crippen LogP contribution in [0, 0.1) is 0 Å². The summed E-state index contributed by atoms with van der Waals surface area (Å²) in [5.41, 5.74) is 5.75. The Morgan fingerprint density at radius 1 is 0.629 bits per heavy atom. The third-order valence-corrected chi connectivity index (χ3v) is 10.0. The molecule has 2 aromatic heterocycles. The molecule has 0 fully saturated rings. The van der Waals surface area contributed by atoms with E-state index in [-0.39, 0.29) is 0 Å². The monoisotopic (exact) mass is 568 g/mol. The van der Waals surface area contributed by atoms with Crippen LogP contribution < -0.4 is 0 Å². The summed E-state index contributed by atoms with van der Waals surface area (Å²) in [5, 5.41) is 5.16. The van der Waals surface area contributed by atoms with Crippen molar-refractivity contribution >= 4 is 58.8 Å². The van der Waals surface area contributed by atoms with Gasteiger partial charge >= 0.3 is 0 Å². The van der Waals surface area contributed by atoms with Crippen LogP contribution in [0.25, 0.3) is 31.3 Å². The van der Waals surface area contributed by atoms with Crippen LogP contribution >= 0.6 is 38.6 Å². The summed E-state index contributed by atoms with van der Waals surface area (Å²) < 4.78 is 4.10. The van der Waals surface area contributed by atoms with Gasteiger partial charge < -0.3 is 0 Å². The molecule has 0 unspecified atom stereocenters. The third kappa shape index (κ3) is 7.21. The number of hydrogen-bond donors (Lipinski definition) is 0. The second kappa shape index (κ2) is 14.0. The van der Waals surface area contributed by atoms with Gasteiger partial charge in [0.1, 0.15) is 0 Å². The first-order valence-electron chi connectivity index (χ1n) is 13.9. The zero-order valence-electron chi connectivity index (χ0n) is 21.6. The van der Waals surface area contributed by atoms with Crippen molar-refractivity contribution in [2.75, 3.05) is 0 Å². The van der Waals surface area contributed by atoms with Crippen LogP contribution in [0.5, 0.6) is 0 Å². The number of fused-ring (bicyclic) bond motifs is 2. The van der Waals surface area contributed by atoms with Gasteiger partial charge in [0.25, 0.3) is 0 Å². The average molecular weight is 570 g/mol. The smallest absolute Gasteiger partial charge is 0.0789 e. The number of benzene rings is 2. The lowest BCUT2D eigenvalue weighted by atomic mass is 9.99. The summed E-state index contributed by atoms with van der Waals surface area (Å²) in [6.07, 6.45) is 18.8. The van der Waals surface area contributed by atoms with E-state index in [0.717, 1.165) is 0 Å². The summed E-state index contributed by atoms with van der Waals surface area (Å²) in [7, 11) is 0. The molecule has 4 rings (SSSR count). The summed E-state index contributed by atoms with van der Waals surface area (Å²) in [6, 6.07) is 14.4. The van der Waals surface area contributed by atoms with E-state index in [9.17, 15) is 0 Å². The fourth-order valence-corrected chi connectivity index (χ4v) is 8.13. The Kier molecular flexibility index (Phi) is 10.7. The highest BCUT2D eigenvalue weighted by atomic mass is 79.9. The predicted octanol–water partition coefficient (Wildman–Crippen LogP) is 12.4. The molecule has 0 radical (unpaired) electrons. The molecule has 4 aromatic rings. The highest BCUT2D eigenvalue weighted by Crippen LogP contribution is 2.46. The first-order valence-corrected chi connectivity index (χ1v) is 16.4. The Morgan fingerprint density at radius 2 is 1.17 bits per heavy atom. The van der Waals surface area contributed by atoms with Gasteiger partial charge in [0.05, 0.1) is 3.79 Å². The lowest BCUT2D eigenvalue weighted by Gasteiger charge is -2.05. The lowest BCUT2D eigenvalue weighted by molar-refractivity contribution is 0.607. The summed E-state index contributed by atoms with van der Waals surface area (Å²) in [4.78, 5) is 0. The maximum absolute atomic E-state index is 3.93. The molecule has 0 amide bonds. The second-order valence-electron chi connectivity index (χ2n) is 10.1. The van der Waals surface area contributed by atoms with Crippen molar-refractivity contribution < 1.29 is 0 Å². The number of thiophene rings is 2. The quantitative estimate of drug-likeness (QED) is 0.125. The minimum absolute atomic E-state index is 1.20. The van der Waals surface area contributed by atoms with Gasteiger partial charge in [-0.1, -0.05) is 102 Å². The fourth-order valence-electron chi connectivity index (χ4n) is 5.16.